The highest BCUT2D eigenvalue weighted by molar-refractivity contribution is 5.95. The number of nitrogens with one attached hydrogen (secondary N) is 1. The average Bonchev–Trinajstić information content (AvgIpc) is 2.64. The lowest BCUT2D eigenvalue weighted by Gasteiger charge is -2.27. The van der Waals surface area contributed by atoms with Crippen LogP contribution in [0.25, 0.3) is 0 Å². The fraction of sp³-hybridized carbons (Fsp3) is 0.421. The number of hydrogen-bond acceptors (Lipinski definition) is 4. The molecule has 3 rings (SSSR count). The van der Waals surface area contributed by atoms with Crippen LogP contribution in [0, 0.1) is 0 Å². The molecular formula is C19H24N4O. The van der Waals surface area contributed by atoms with Gasteiger partial charge in [0.05, 0.1) is 17.8 Å². The molecule has 1 amide bonds. The first-order valence-electron chi connectivity index (χ1n) is 8.69. The van der Waals surface area contributed by atoms with Crippen LogP contribution >= 0.6 is 0 Å². The zero-order valence-electron chi connectivity index (χ0n) is 14.1. The van der Waals surface area contributed by atoms with Gasteiger partial charge in [0.25, 0.3) is 0 Å². The van der Waals surface area contributed by atoms with E-state index < -0.39 is 0 Å². The SMILES string of the molecule is CCC(C(=O)Nc1ccc(N2CCCCC2)nc1)c1ccncc1. The second kappa shape index (κ2) is 7.90. The molecule has 5 heteroatoms. The highest BCUT2D eigenvalue weighted by atomic mass is 16.1. The summed E-state index contributed by atoms with van der Waals surface area (Å²) in [6.45, 7) is 4.15. The van der Waals surface area contributed by atoms with E-state index in [1.54, 1.807) is 18.6 Å². The van der Waals surface area contributed by atoms with E-state index in [1.807, 2.05) is 31.2 Å². The molecule has 1 fully saturated rings. The van der Waals surface area contributed by atoms with E-state index in [4.69, 9.17) is 0 Å². The third kappa shape index (κ3) is 3.91. The van der Waals surface area contributed by atoms with Crippen LogP contribution in [0.15, 0.2) is 42.9 Å². The van der Waals surface area contributed by atoms with Gasteiger partial charge in [-0.1, -0.05) is 6.92 Å². The van der Waals surface area contributed by atoms with Crippen LogP contribution in [0.5, 0.6) is 0 Å². The van der Waals surface area contributed by atoms with Gasteiger partial charge >= 0.3 is 0 Å². The molecule has 2 aromatic heterocycles. The molecule has 1 aliphatic heterocycles. The van der Waals surface area contributed by atoms with Gasteiger partial charge in [-0.25, -0.2) is 4.98 Å². The van der Waals surface area contributed by atoms with Crippen molar-refractivity contribution in [1.29, 1.82) is 0 Å². The minimum atomic E-state index is -0.172. The number of rotatable bonds is 5. The summed E-state index contributed by atoms with van der Waals surface area (Å²) in [6, 6.07) is 7.72. The van der Waals surface area contributed by atoms with Gasteiger partial charge in [-0.05, 0) is 55.5 Å². The van der Waals surface area contributed by atoms with Crippen molar-refractivity contribution < 1.29 is 4.79 Å². The topological polar surface area (TPSA) is 58.1 Å². The summed E-state index contributed by atoms with van der Waals surface area (Å²) in [6.07, 6.45) is 9.70. The van der Waals surface area contributed by atoms with E-state index in [9.17, 15) is 4.79 Å². The number of carbonyl (C=O) groups is 1. The first-order valence-corrected chi connectivity index (χ1v) is 8.69. The van der Waals surface area contributed by atoms with E-state index in [1.165, 1.54) is 19.3 Å². The molecular weight excluding hydrogens is 300 g/mol. The quantitative estimate of drug-likeness (QED) is 0.913. The first kappa shape index (κ1) is 16.4. The zero-order chi connectivity index (χ0) is 16.8. The van der Waals surface area contributed by atoms with Crippen LogP contribution in [-0.2, 0) is 4.79 Å². The average molecular weight is 324 g/mol. The van der Waals surface area contributed by atoms with Crippen molar-refractivity contribution in [3.05, 3.63) is 48.4 Å². The lowest BCUT2D eigenvalue weighted by atomic mass is 9.96. The molecule has 1 atom stereocenters. The maximum Gasteiger partial charge on any atom is 0.231 e. The zero-order valence-corrected chi connectivity index (χ0v) is 14.1. The Morgan fingerprint density at radius 3 is 2.54 bits per heavy atom. The van der Waals surface area contributed by atoms with Crippen LogP contribution in [0.1, 0.15) is 44.1 Å². The van der Waals surface area contributed by atoms with Crippen molar-refractivity contribution >= 4 is 17.4 Å². The minimum Gasteiger partial charge on any atom is -0.357 e. The summed E-state index contributed by atoms with van der Waals surface area (Å²) in [5.41, 5.74) is 1.73. The first-order chi connectivity index (χ1) is 11.8. The van der Waals surface area contributed by atoms with E-state index in [0.29, 0.717) is 0 Å². The summed E-state index contributed by atoms with van der Waals surface area (Å²) < 4.78 is 0. The Labute approximate surface area is 143 Å². The summed E-state index contributed by atoms with van der Waals surface area (Å²) in [5.74, 6) is 0.819. The van der Waals surface area contributed by atoms with E-state index in [0.717, 1.165) is 36.6 Å². The highest BCUT2D eigenvalue weighted by Gasteiger charge is 2.19. The van der Waals surface area contributed by atoms with Crippen molar-refractivity contribution in [2.24, 2.45) is 0 Å². The molecule has 3 heterocycles. The Morgan fingerprint density at radius 1 is 1.17 bits per heavy atom. The normalized spacial score (nSPS) is 15.8. The second-order valence-electron chi connectivity index (χ2n) is 6.18. The van der Waals surface area contributed by atoms with Gasteiger partial charge in [0.1, 0.15) is 5.82 Å². The number of carbonyl (C=O) groups excluding carboxylic acids is 1. The smallest absolute Gasteiger partial charge is 0.231 e. The van der Waals surface area contributed by atoms with Gasteiger partial charge in [0.2, 0.25) is 5.91 Å². The van der Waals surface area contributed by atoms with Crippen LogP contribution in [-0.4, -0.2) is 29.0 Å². The number of piperidine rings is 1. The van der Waals surface area contributed by atoms with Crippen LogP contribution < -0.4 is 10.2 Å². The molecule has 24 heavy (non-hydrogen) atoms. The third-order valence-electron chi connectivity index (χ3n) is 4.53. The molecule has 1 aliphatic rings. The largest absolute Gasteiger partial charge is 0.357 e. The van der Waals surface area contributed by atoms with Gasteiger partial charge in [0, 0.05) is 25.5 Å². The molecule has 2 aromatic rings. The molecule has 0 aromatic carbocycles. The lowest BCUT2D eigenvalue weighted by Crippen LogP contribution is -2.30. The van der Waals surface area contributed by atoms with Crippen LogP contribution in [0.2, 0.25) is 0 Å². The number of pyridine rings is 2. The van der Waals surface area contributed by atoms with Crippen molar-refractivity contribution in [3.63, 3.8) is 0 Å². The molecule has 0 bridgehead atoms. The predicted molar refractivity (Wildman–Crippen MR) is 96.2 cm³/mol. The molecule has 1 N–H and O–H groups in total. The Kier molecular flexibility index (Phi) is 5.41. The van der Waals surface area contributed by atoms with Crippen molar-refractivity contribution in [2.75, 3.05) is 23.3 Å². The van der Waals surface area contributed by atoms with Crippen molar-refractivity contribution in [1.82, 2.24) is 9.97 Å². The number of aromatic nitrogens is 2. The van der Waals surface area contributed by atoms with Crippen molar-refractivity contribution in [3.8, 4) is 0 Å². The summed E-state index contributed by atoms with van der Waals surface area (Å²) in [7, 11) is 0. The Balaban J connectivity index is 1.65. The van der Waals surface area contributed by atoms with E-state index in [2.05, 4.69) is 20.2 Å². The lowest BCUT2D eigenvalue weighted by molar-refractivity contribution is -0.117. The van der Waals surface area contributed by atoms with Crippen LogP contribution in [0.4, 0.5) is 11.5 Å². The Morgan fingerprint density at radius 2 is 1.92 bits per heavy atom. The number of anilines is 2. The molecule has 0 spiro atoms. The molecule has 5 nitrogen and oxygen atoms in total. The molecule has 1 saturated heterocycles. The molecule has 0 aliphatic carbocycles. The molecule has 0 radical (unpaired) electrons. The van der Waals surface area contributed by atoms with E-state index >= 15 is 0 Å². The fourth-order valence-electron chi connectivity index (χ4n) is 3.17. The summed E-state index contributed by atoms with van der Waals surface area (Å²) >= 11 is 0. The monoisotopic (exact) mass is 324 g/mol. The third-order valence-corrected chi connectivity index (χ3v) is 4.53. The van der Waals surface area contributed by atoms with Crippen LogP contribution in [0.3, 0.4) is 0 Å². The van der Waals surface area contributed by atoms with Crippen molar-refractivity contribution in [2.45, 2.75) is 38.5 Å². The summed E-state index contributed by atoms with van der Waals surface area (Å²) in [5, 5.41) is 2.98. The van der Waals surface area contributed by atoms with Gasteiger partial charge in [-0.2, -0.15) is 0 Å². The van der Waals surface area contributed by atoms with E-state index in [-0.39, 0.29) is 11.8 Å². The maximum atomic E-state index is 12.6. The molecule has 0 saturated carbocycles. The second-order valence-corrected chi connectivity index (χ2v) is 6.18. The maximum absolute atomic E-state index is 12.6. The fourth-order valence-corrected chi connectivity index (χ4v) is 3.17. The molecule has 1 unspecified atom stereocenters. The van der Waals surface area contributed by atoms with Gasteiger partial charge in [-0.15, -0.1) is 0 Å². The Hall–Kier alpha value is -2.43. The van der Waals surface area contributed by atoms with Gasteiger partial charge < -0.3 is 10.2 Å². The Bertz CT molecular complexity index is 651. The predicted octanol–water partition coefficient (Wildman–Crippen LogP) is 3.60. The number of nitrogens with zero attached hydrogens (tertiary/aromatic N) is 3. The molecule has 126 valence electrons. The summed E-state index contributed by atoms with van der Waals surface area (Å²) in [4.78, 5) is 23.4. The number of amides is 1. The minimum absolute atomic E-state index is 0.00350. The highest BCUT2D eigenvalue weighted by Crippen LogP contribution is 2.22. The van der Waals surface area contributed by atoms with Gasteiger partial charge in [-0.3, -0.25) is 9.78 Å². The standard InChI is InChI=1S/C19H24N4O/c1-2-17(15-8-10-20-11-9-15)19(24)22-16-6-7-18(21-14-16)23-12-4-3-5-13-23/h6-11,14,17H,2-5,12-13H2,1H3,(H,22,24). The number of hydrogen-bond donors (Lipinski definition) is 1. The van der Waals surface area contributed by atoms with Gasteiger partial charge in [0.15, 0.2) is 0 Å².